The fourth-order valence-electron chi connectivity index (χ4n) is 3.38. The van der Waals surface area contributed by atoms with E-state index in [1.807, 2.05) is 11.8 Å². The number of ketones is 1. The molecule has 0 bridgehead atoms. The summed E-state index contributed by atoms with van der Waals surface area (Å²) in [6.07, 6.45) is 5.80. The van der Waals surface area contributed by atoms with Crippen molar-refractivity contribution in [2.75, 3.05) is 31.1 Å². The number of carbonyl (C=O) groups excluding carboxylic acids is 2. The summed E-state index contributed by atoms with van der Waals surface area (Å²) in [5, 5.41) is 3.07. The van der Waals surface area contributed by atoms with Crippen LogP contribution in [0.15, 0.2) is 18.2 Å². The molecule has 5 nitrogen and oxygen atoms in total. The van der Waals surface area contributed by atoms with Crippen molar-refractivity contribution in [3.8, 4) is 0 Å². The lowest BCUT2D eigenvalue weighted by Crippen LogP contribution is -2.53. The van der Waals surface area contributed by atoms with Crippen molar-refractivity contribution >= 4 is 17.5 Å². The molecule has 150 valence electrons. The lowest BCUT2D eigenvalue weighted by atomic mass is 10.1. The molecule has 0 unspecified atom stereocenters. The first-order valence-electron chi connectivity index (χ1n) is 10.0. The normalized spacial score (nSPS) is 15.6. The van der Waals surface area contributed by atoms with Crippen LogP contribution in [-0.4, -0.2) is 48.9 Å². The Labute approximate surface area is 161 Å². The predicted molar refractivity (Wildman–Crippen MR) is 107 cm³/mol. The molecule has 1 aromatic carbocycles. The lowest BCUT2D eigenvalue weighted by Gasteiger charge is -2.36. The van der Waals surface area contributed by atoms with Gasteiger partial charge in [0.1, 0.15) is 5.82 Å². The first-order valence-corrected chi connectivity index (χ1v) is 10.0. The first kappa shape index (κ1) is 21.2. The highest BCUT2D eigenvalue weighted by Gasteiger charge is 2.23. The summed E-state index contributed by atoms with van der Waals surface area (Å²) in [5.74, 6) is -0.535. The second-order valence-electron chi connectivity index (χ2n) is 7.40. The Hall–Kier alpha value is -2.11. The molecule has 2 rings (SSSR count). The standard InChI is InChI=1S/C21H32FN3O2/c1-4-5-6-7-8-16(2)23-21(27)25-13-11-24(12-14-25)20-10-9-18(17(3)26)15-19(20)22/h9-10,15-16H,4-8,11-14H2,1-3H3,(H,23,27)/t16-/m0/s1. The summed E-state index contributed by atoms with van der Waals surface area (Å²) < 4.78 is 14.3. The maximum atomic E-state index is 14.3. The molecule has 1 aromatic rings. The number of unbranched alkanes of at least 4 members (excludes halogenated alkanes) is 3. The van der Waals surface area contributed by atoms with Gasteiger partial charge in [-0.15, -0.1) is 0 Å². The van der Waals surface area contributed by atoms with Crippen molar-refractivity contribution in [1.82, 2.24) is 10.2 Å². The van der Waals surface area contributed by atoms with Crippen LogP contribution in [0.2, 0.25) is 0 Å². The second kappa shape index (κ2) is 10.3. The molecule has 0 radical (unpaired) electrons. The van der Waals surface area contributed by atoms with Gasteiger partial charge in [0, 0.05) is 37.8 Å². The number of nitrogens with one attached hydrogen (secondary N) is 1. The molecule has 1 atom stereocenters. The largest absolute Gasteiger partial charge is 0.366 e. The molecule has 1 heterocycles. The van der Waals surface area contributed by atoms with Gasteiger partial charge < -0.3 is 15.1 Å². The monoisotopic (exact) mass is 377 g/mol. The van der Waals surface area contributed by atoms with Crippen molar-refractivity contribution in [3.63, 3.8) is 0 Å². The molecule has 2 amide bonds. The minimum Gasteiger partial charge on any atom is -0.366 e. The van der Waals surface area contributed by atoms with Crippen LogP contribution in [0.25, 0.3) is 0 Å². The second-order valence-corrected chi connectivity index (χ2v) is 7.40. The summed E-state index contributed by atoms with van der Waals surface area (Å²) >= 11 is 0. The summed E-state index contributed by atoms with van der Waals surface area (Å²) in [6.45, 7) is 7.94. The molecule has 6 heteroatoms. The third kappa shape index (κ3) is 6.22. The molecule has 1 fully saturated rings. The number of halogens is 1. The van der Waals surface area contributed by atoms with E-state index < -0.39 is 0 Å². The average molecular weight is 378 g/mol. The van der Waals surface area contributed by atoms with Gasteiger partial charge in [0.25, 0.3) is 0 Å². The molecule has 27 heavy (non-hydrogen) atoms. The maximum Gasteiger partial charge on any atom is 0.317 e. The summed E-state index contributed by atoms with van der Waals surface area (Å²) in [4.78, 5) is 27.5. The highest BCUT2D eigenvalue weighted by atomic mass is 19.1. The number of Topliss-reactive ketones (excluding diaryl/α,β-unsaturated/α-hetero) is 1. The minimum atomic E-state index is -0.388. The molecule has 1 N–H and O–H groups in total. The Morgan fingerprint density at radius 2 is 1.85 bits per heavy atom. The molecular formula is C21H32FN3O2. The van der Waals surface area contributed by atoms with Gasteiger partial charge in [-0.1, -0.05) is 32.6 Å². The fraction of sp³-hybridized carbons (Fsp3) is 0.619. The van der Waals surface area contributed by atoms with E-state index in [0.29, 0.717) is 37.4 Å². The van der Waals surface area contributed by atoms with Gasteiger partial charge in [-0.3, -0.25) is 4.79 Å². The SMILES string of the molecule is CCCCCC[C@H](C)NC(=O)N1CCN(c2ccc(C(C)=O)cc2F)CC1. The van der Waals surface area contributed by atoms with Gasteiger partial charge in [0.2, 0.25) is 0 Å². The van der Waals surface area contributed by atoms with Gasteiger partial charge in [-0.25, -0.2) is 9.18 Å². The Bertz CT molecular complexity index is 642. The quantitative estimate of drug-likeness (QED) is 0.545. The zero-order chi connectivity index (χ0) is 19.8. The van der Waals surface area contributed by atoms with E-state index in [2.05, 4.69) is 12.2 Å². The van der Waals surface area contributed by atoms with Crippen LogP contribution in [0.1, 0.15) is 63.2 Å². The summed E-state index contributed by atoms with van der Waals surface area (Å²) in [5.41, 5.74) is 0.867. The van der Waals surface area contributed by atoms with E-state index in [9.17, 15) is 14.0 Å². The van der Waals surface area contributed by atoms with Crippen LogP contribution >= 0.6 is 0 Å². The first-order chi connectivity index (χ1) is 12.9. The van der Waals surface area contributed by atoms with Gasteiger partial charge in [0.05, 0.1) is 5.69 Å². The fourth-order valence-corrected chi connectivity index (χ4v) is 3.38. The van der Waals surface area contributed by atoms with Gasteiger partial charge in [0.15, 0.2) is 5.78 Å². The van der Waals surface area contributed by atoms with Crippen LogP contribution in [0.5, 0.6) is 0 Å². The molecule has 0 spiro atoms. The third-order valence-corrected chi connectivity index (χ3v) is 5.12. The predicted octanol–water partition coefficient (Wildman–Crippen LogP) is 4.22. The molecular weight excluding hydrogens is 345 g/mol. The van der Waals surface area contributed by atoms with Gasteiger partial charge >= 0.3 is 6.03 Å². The average Bonchev–Trinajstić information content (AvgIpc) is 2.65. The number of rotatable bonds is 8. The smallest absolute Gasteiger partial charge is 0.317 e. The van der Waals surface area contributed by atoms with E-state index in [4.69, 9.17) is 0 Å². The molecule has 0 saturated carbocycles. The summed E-state index contributed by atoms with van der Waals surface area (Å²) in [6, 6.07) is 4.73. The number of benzene rings is 1. The Kier molecular flexibility index (Phi) is 8.07. The van der Waals surface area contributed by atoms with Crippen molar-refractivity contribution < 1.29 is 14.0 Å². The molecule has 1 aliphatic heterocycles. The Morgan fingerprint density at radius 1 is 1.15 bits per heavy atom. The number of carbonyl (C=O) groups is 2. The number of piperazine rings is 1. The number of anilines is 1. The van der Waals surface area contributed by atoms with Gasteiger partial charge in [-0.05, 0) is 38.5 Å². The highest BCUT2D eigenvalue weighted by molar-refractivity contribution is 5.94. The van der Waals surface area contributed by atoms with Crippen molar-refractivity contribution in [2.45, 2.75) is 58.9 Å². The van der Waals surface area contributed by atoms with E-state index in [-0.39, 0.29) is 23.7 Å². The van der Waals surface area contributed by atoms with Crippen molar-refractivity contribution in [3.05, 3.63) is 29.6 Å². The Balaban J connectivity index is 1.81. The summed E-state index contributed by atoms with van der Waals surface area (Å²) in [7, 11) is 0. The zero-order valence-electron chi connectivity index (χ0n) is 16.8. The number of urea groups is 1. The number of nitrogens with zero attached hydrogens (tertiary/aromatic N) is 2. The number of hydrogen-bond acceptors (Lipinski definition) is 3. The molecule has 0 aliphatic carbocycles. The third-order valence-electron chi connectivity index (χ3n) is 5.12. The van der Waals surface area contributed by atoms with Crippen molar-refractivity contribution in [2.24, 2.45) is 0 Å². The van der Waals surface area contributed by atoms with Crippen LogP contribution in [-0.2, 0) is 0 Å². The van der Waals surface area contributed by atoms with Crippen LogP contribution in [0.3, 0.4) is 0 Å². The van der Waals surface area contributed by atoms with E-state index in [1.54, 1.807) is 17.0 Å². The van der Waals surface area contributed by atoms with Crippen LogP contribution in [0, 0.1) is 5.82 Å². The molecule has 1 aliphatic rings. The lowest BCUT2D eigenvalue weighted by molar-refractivity contribution is 0.101. The topological polar surface area (TPSA) is 52.7 Å². The molecule has 1 saturated heterocycles. The van der Waals surface area contributed by atoms with Crippen LogP contribution < -0.4 is 10.2 Å². The van der Waals surface area contributed by atoms with E-state index in [0.717, 1.165) is 12.8 Å². The Morgan fingerprint density at radius 3 is 2.44 bits per heavy atom. The van der Waals surface area contributed by atoms with E-state index >= 15 is 0 Å². The van der Waals surface area contributed by atoms with Crippen molar-refractivity contribution in [1.29, 1.82) is 0 Å². The van der Waals surface area contributed by atoms with E-state index in [1.165, 1.54) is 32.3 Å². The zero-order valence-corrected chi connectivity index (χ0v) is 16.8. The number of amides is 2. The van der Waals surface area contributed by atoms with Gasteiger partial charge in [-0.2, -0.15) is 0 Å². The minimum absolute atomic E-state index is 0.0370. The van der Waals surface area contributed by atoms with Crippen LogP contribution in [0.4, 0.5) is 14.9 Å². The molecule has 0 aromatic heterocycles. The maximum absolute atomic E-state index is 14.3. The highest BCUT2D eigenvalue weighted by Crippen LogP contribution is 2.22. The number of hydrogen-bond donors (Lipinski definition) is 1.